The maximum atomic E-state index is 12.9. The van der Waals surface area contributed by atoms with E-state index < -0.39 is 24.3 Å². The van der Waals surface area contributed by atoms with E-state index in [1.54, 1.807) is 0 Å². The summed E-state index contributed by atoms with van der Waals surface area (Å²) in [7, 11) is 5.89. The van der Waals surface area contributed by atoms with E-state index >= 15 is 0 Å². The molecule has 0 aliphatic rings. The van der Waals surface area contributed by atoms with E-state index in [2.05, 4.69) is 172 Å². The molecule has 9 heteroatoms. The van der Waals surface area contributed by atoms with Gasteiger partial charge in [0.25, 0.3) is 0 Å². The number of hydrogen-bond donors (Lipinski definition) is 0. The monoisotopic (exact) mass is 1070 g/mol. The smallest absolute Gasteiger partial charge is 0.306 e. The van der Waals surface area contributed by atoms with Gasteiger partial charge in [-0.25, -0.2) is 0 Å². The highest BCUT2D eigenvalue weighted by atomic mass is 16.7. The number of carboxylic acids is 1. The molecule has 0 aromatic heterocycles. The largest absolute Gasteiger partial charge is 0.545 e. The van der Waals surface area contributed by atoms with Crippen LogP contribution in [0.15, 0.2) is 158 Å². The lowest BCUT2D eigenvalue weighted by atomic mass is 10.1. The third-order valence-corrected chi connectivity index (χ3v) is 11.8. The molecule has 0 aromatic carbocycles. The Morgan fingerprint density at radius 1 is 0.390 bits per heavy atom. The van der Waals surface area contributed by atoms with Gasteiger partial charge in [-0.1, -0.05) is 217 Å². The molecule has 0 spiro atoms. The molecule has 2 atom stereocenters. The van der Waals surface area contributed by atoms with Gasteiger partial charge in [-0.2, -0.15) is 0 Å². The number of ether oxygens (including phenoxy) is 4. The predicted octanol–water partition coefficient (Wildman–Crippen LogP) is 16.4. The van der Waals surface area contributed by atoms with Crippen molar-refractivity contribution in [2.45, 2.75) is 206 Å². The molecule has 0 radical (unpaired) electrons. The normalized spacial score (nSPS) is 13.9. The standard InChI is InChI=1S/C68H107NO8/c1-6-8-10-12-14-16-18-20-22-24-26-28-30-32-33-35-36-38-40-42-44-46-48-50-52-54-56-58-65(70)75-62-64(63-76-68(67(72)73)74-61-60-69(3,4)5)77-66(71)59-57-55-53-51-49-47-45-43-41-39-37-34-31-29-27-25-23-21-19-17-15-13-11-9-7-2/h8-11,14-17,20-23,26-29,32-34,36-38,41,43,47,49,64,68H,6-7,12-13,18-19,24-25,30-31,35,39-40,42,44-46,48,50-63H2,1-5H3/b10-8-,11-9-,16-14-,17-15-,22-20-,23-21-,28-26-,29-27-,33-32-,37-34-,38-36-,43-41-,49-47-. The van der Waals surface area contributed by atoms with Crippen molar-refractivity contribution in [3.8, 4) is 0 Å². The van der Waals surface area contributed by atoms with E-state index in [1.807, 2.05) is 21.1 Å². The third kappa shape index (κ3) is 58.4. The number of hydrogen-bond acceptors (Lipinski definition) is 8. The average Bonchev–Trinajstić information content (AvgIpc) is 3.40. The van der Waals surface area contributed by atoms with Crippen molar-refractivity contribution in [1.29, 1.82) is 0 Å². The Balaban J connectivity index is 4.38. The average molecular weight is 1070 g/mol. The molecule has 0 amide bonds. The first-order valence-electron chi connectivity index (χ1n) is 29.6. The number of allylic oxidation sites excluding steroid dienone is 26. The van der Waals surface area contributed by atoms with Gasteiger partial charge >= 0.3 is 11.9 Å². The quantitative estimate of drug-likeness (QED) is 0.0195. The molecule has 0 N–H and O–H groups in total. The summed E-state index contributed by atoms with van der Waals surface area (Å²) in [5.74, 6) is -2.36. The summed E-state index contributed by atoms with van der Waals surface area (Å²) in [4.78, 5) is 37.3. The topological polar surface area (TPSA) is 111 Å². The van der Waals surface area contributed by atoms with Crippen molar-refractivity contribution in [3.63, 3.8) is 0 Å². The summed E-state index contributed by atoms with van der Waals surface area (Å²) in [6.45, 7) is 4.44. The van der Waals surface area contributed by atoms with Crippen molar-refractivity contribution >= 4 is 17.9 Å². The molecule has 0 aliphatic carbocycles. The van der Waals surface area contributed by atoms with Crippen molar-refractivity contribution in [3.05, 3.63) is 158 Å². The first kappa shape index (κ1) is 71.9. The van der Waals surface area contributed by atoms with Gasteiger partial charge in [0, 0.05) is 12.8 Å². The van der Waals surface area contributed by atoms with Gasteiger partial charge in [0.05, 0.1) is 40.3 Å². The Morgan fingerprint density at radius 2 is 0.701 bits per heavy atom. The van der Waals surface area contributed by atoms with Gasteiger partial charge in [0.15, 0.2) is 12.4 Å². The maximum Gasteiger partial charge on any atom is 0.306 e. The van der Waals surface area contributed by atoms with Crippen LogP contribution in [0.4, 0.5) is 0 Å². The van der Waals surface area contributed by atoms with Gasteiger partial charge in [0.1, 0.15) is 13.2 Å². The summed E-state index contributed by atoms with van der Waals surface area (Å²) >= 11 is 0. The Hall–Kier alpha value is -5.09. The van der Waals surface area contributed by atoms with Crippen LogP contribution >= 0.6 is 0 Å². The number of esters is 2. The van der Waals surface area contributed by atoms with Crippen LogP contribution in [0.5, 0.6) is 0 Å². The van der Waals surface area contributed by atoms with Gasteiger partial charge in [-0.15, -0.1) is 0 Å². The number of likely N-dealkylation sites (N-methyl/N-ethyl adjacent to an activating group) is 1. The van der Waals surface area contributed by atoms with E-state index in [9.17, 15) is 19.5 Å². The zero-order chi connectivity index (χ0) is 56.2. The van der Waals surface area contributed by atoms with Crippen molar-refractivity contribution in [2.24, 2.45) is 0 Å². The molecular weight excluding hydrogens is 959 g/mol. The fourth-order valence-corrected chi connectivity index (χ4v) is 7.28. The molecule has 0 aliphatic heterocycles. The number of rotatable bonds is 52. The van der Waals surface area contributed by atoms with Crippen LogP contribution < -0.4 is 5.11 Å². The number of quaternary nitrogens is 1. The minimum Gasteiger partial charge on any atom is -0.545 e. The second kappa shape index (κ2) is 57.1. The number of nitrogens with zero attached hydrogens (tertiary/aromatic N) is 1. The molecular formula is C68H107NO8. The number of carboxylic acid groups (broad SMARTS) is 1. The van der Waals surface area contributed by atoms with E-state index in [-0.39, 0.29) is 38.6 Å². The van der Waals surface area contributed by atoms with Crippen LogP contribution in [0.25, 0.3) is 0 Å². The van der Waals surface area contributed by atoms with Gasteiger partial charge < -0.3 is 33.3 Å². The lowest BCUT2D eigenvalue weighted by Gasteiger charge is -2.26. The first-order chi connectivity index (χ1) is 37.6. The van der Waals surface area contributed by atoms with E-state index in [0.29, 0.717) is 23.9 Å². The minimum absolute atomic E-state index is 0.129. The van der Waals surface area contributed by atoms with E-state index in [1.165, 1.54) is 25.7 Å². The van der Waals surface area contributed by atoms with Crippen molar-refractivity contribution in [2.75, 3.05) is 47.5 Å². The van der Waals surface area contributed by atoms with Gasteiger partial charge in [-0.05, 0) is 122 Å². The Labute approximate surface area is 470 Å². The van der Waals surface area contributed by atoms with Gasteiger partial charge in [0.2, 0.25) is 0 Å². The molecule has 0 saturated heterocycles. The van der Waals surface area contributed by atoms with Crippen LogP contribution in [-0.4, -0.2) is 82.3 Å². The molecule has 77 heavy (non-hydrogen) atoms. The van der Waals surface area contributed by atoms with Crippen LogP contribution in [0, 0.1) is 0 Å². The summed E-state index contributed by atoms with van der Waals surface area (Å²) in [6, 6.07) is 0. The molecule has 0 heterocycles. The summed E-state index contributed by atoms with van der Waals surface area (Å²) in [5, 5.41) is 11.8. The Kier molecular flexibility index (Phi) is 53.3. The molecule has 2 unspecified atom stereocenters. The van der Waals surface area contributed by atoms with E-state index in [0.717, 1.165) is 128 Å². The fraction of sp³-hybridized carbons (Fsp3) is 0.574. The fourth-order valence-electron chi connectivity index (χ4n) is 7.28. The predicted molar refractivity (Wildman–Crippen MR) is 324 cm³/mol. The highest BCUT2D eigenvalue weighted by Gasteiger charge is 2.22. The second-order valence-corrected chi connectivity index (χ2v) is 20.2. The molecule has 0 aromatic rings. The zero-order valence-electron chi connectivity index (χ0n) is 49.0. The Bertz CT molecular complexity index is 1810. The molecule has 0 rings (SSSR count). The summed E-state index contributed by atoms with van der Waals surface area (Å²) in [6.07, 6.45) is 81.4. The SMILES string of the molecule is CC/C=C\C/C=C\C/C=C\C/C=C\C/C=C\C/C=C\C/C=C\CCCCCC(=O)OC(COC(=O)CCCCCCCCCC/C=C\C/C=C\C/C=C\C/C=C\C/C=C\C/C=C\CC)COC(OCC[N+](C)(C)C)C(=O)[O-]. The van der Waals surface area contributed by atoms with Gasteiger partial charge in [-0.3, -0.25) is 9.59 Å². The van der Waals surface area contributed by atoms with Crippen LogP contribution in [-0.2, 0) is 33.3 Å². The first-order valence-corrected chi connectivity index (χ1v) is 29.6. The lowest BCUT2D eigenvalue weighted by Crippen LogP contribution is -2.44. The third-order valence-electron chi connectivity index (χ3n) is 11.8. The van der Waals surface area contributed by atoms with Crippen molar-refractivity contribution < 1.29 is 42.9 Å². The van der Waals surface area contributed by atoms with Crippen LogP contribution in [0.3, 0.4) is 0 Å². The second-order valence-electron chi connectivity index (χ2n) is 20.2. The molecule has 0 saturated carbocycles. The molecule has 432 valence electrons. The number of unbranched alkanes of at least 4 members (excludes halogenated alkanes) is 11. The van der Waals surface area contributed by atoms with Crippen LogP contribution in [0.2, 0.25) is 0 Å². The number of aliphatic carboxylic acids is 1. The minimum atomic E-state index is -1.64. The molecule has 0 bridgehead atoms. The number of carbonyl (C=O) groups excluding carboxylic acids is 3. The highest BCUT2D eigenvalue weighted by molar-refractivity contribution is 5.70. The number of carbonyl (C=O) groups is 3. The van der Waals surface area contributed by atoms with Crippen LogP contribution in [0.1, 0.15) is 194 Å². The zero-order valence-corrected chi connectivity index (χ0v) is 49.0. The van der Waals surface area contributed by atoms with Crippen molar-refractivity contribution in [1.82, 2.24) is 0 Å². The summed E-state index contributed by atoms with van der Waals surface area (Å²) in [5.41, 5.74) is 0. The lowest BCUT2D eigenvalue weighted by molar-refractivity contribution is -0.870. The Morgan fingerprint density at radius 3 is 1.05 bits per heavy atom. The maximum absolute atomic E-state index is 12.9. The summed E-state index contributed by atoms with van der Waals surface area (Å²) < 4.78 is 22.7. The highest BCUT2D eigenvalue weighted by Crippen LogP contribution is 2.13. The molecule has 9 nitrogen and oxygen atoms in total. The van der Waals surface area contributed by atoms with E-state index in [4.69, 9.17) is 18.9 Å². The molecule has 0 fully saturated rings.